The summed E-state index contributed by atoms with van der Waals surface area (Å²) in [6.07, 6.45) is 3.48. The van der Waals surface area contributed by atoms with Gasteiger partial charge in [0, 0.05) is 18.7 Å². The number of furan rings is 1. The third kappa shape index (κ3) is 3.37. The summed E-state index contributed by atoms with van der Waals surface area (Å²) in [5.74, 6) is 0.858. The maximum atomic E-state index is 5.22. The second-order valence-electron chi connectivity index (χ2n) is 4.27. The van der Waals surface area contributed by atoms with Crippen molar-refractivity contribution in [1.29, 1.82) is 0 Å². The molecule has 0 bridgehead atoms. The molecule has 18 heavy (non-hydrogen) atoms. The molecule has 0 amide bonds. The van der Waals surface area contributed by atoms with Crippen molar-refractivity contribution in [3.63, 3.8) is 0 Å². The first kappa shape index (κ1) is 13.2. The first-order valence-electron chi connectivity index (χ1n) is 5.71. The quantitative estimate of drug-likeness (QED) is 0.842. The van der Waals surface area contributed by atoms with Gasteiger partial charge in [-0.2, -0.15) is 0 Å². The Labute approximate surface area is 115 Å². The Kier molecular flexibility index (Phi) is 4.44. The first-order valence-corrected chi connectivity index (χ1v) is 6.50. The lowest BCUT2D eigenvalue weighted by Crippen LogP contribution is -2.16. The second-order valence-corrected chi connectivity index (χ2v) is 5.13. The van der Waals surface area contributed by atoms with E-state index in [1.165, 1.54) is 11.1 Å². The number of methoxy groups -OCH3 is 1. The van der Waals surface area contributed by atoms with Gasteiger partial charge in [0.15, 0.2) is 0 Å². The molecular weight excluding hydrogens is 294 g/mol. The molecule has 1 aromatic heterocycles. The Hall–Kier alpha value is -1.26. The van der Waals surface area contributed by atoms with E-state index >= 15 is 0 Å². The average molecular weight is 310 g/mol. The van der Waals surface area contributed by atoms with Crippen molar-refractivity contribution < 1.29 is 9.15 Å². The minimum atomic E-state index is 0.858. The molecule has 0 aliphatic heterocycles. The fourth-order valence-corrected chi connectivity index (χ4v) is 2.46. The molecule has 0 fully saturated rings. The molecule has 0 saturated carbocycles. The van der Waals surface area contributed by atoms with Gasteiger partial charge < -0.3 is 9.15 Å². The second kappa shape index (κ2) is 6.07. The van der Waals surface area contributed by atoms with Gasteiger partial charge in [-0.15, -0.1) is 0 Å². The molecule has 0 unspecified atom stereocenters. The lowest BCUT2D eigenvalue weighted by atomic mass is 10.2. The molecule has 0 N–H and O–H groups in total. The van der Waals surface area contributed by atoms with Crippen molar-refractivity contribution in [2.75, 3.05) is 14.2 Å². The number of hydrogen-bond acceptors (Lipinski definition) is 3. The zero-order valence-corrected chi connectivity index (χ0v) is 12.1. The number of ether oxygens (including phenoxy) is 1. The van der Waals surface area contributed by atoms with Crippen LogP contribution in [0.5, 0.6) is 5.75 Å². The normalized spacial score (nSPS) is 10.9. The Morgan fingerprint density at radius 2 is 2.00 bits per heavy atom. The summed E-state index contributed by atoms with van der Waals surface area (Å²) < 4.78 is 11.3. The molecule has 1 heterocycles. The lowest BCUT2D eigenvalue weighted by molar-refractivity contribution is 0.317. The summed E-state index contributed by atoms with van der Waals surface area (Å²) in [6, 6.07) is 8.13. The van der Waals surface area contributed by atoms with Gasteiger partial charge in [-0.3, -0.25) is 4.90 Å². The van der Waals surface area contributed by atoms with Gasteiger partial charge in [-0.1, -0.05) is 6.07 Å². The van der Waals surface area contributed by atoms with Gasteiger partial charge in [-0.25, -0.2) is 0 Å². The van der Waals surface area contributed by atoms with E-state index in [0.717, 1.165) is 23.3 Å². The molecule has 0 aliphatic carbocycles. The minimum Gasteiger partial charge on any atom is -0.496 e. The molecule has 0 atom stereocenters. The summed E-state index contributed by atoms with van der Waals surface area (Å²) in [6.45, 7) is 1.76. The summed E-state index contributed by atoms with van der Waals surface area (Å²) in [4.78, 5) is 2.24. The highest BCUT2D eigenvalue weighted by Gasteiger charge is 2.05. The van der Waals surface area contributed by atoms with Crippen molar-refractivity contribution in [2.24, 2.45) is 0 Å². The highest BCUT2D eigenvalue weighted by Crippen LogP contribution is 2.26. The topological polar surface area (TPSA) is 25.6 Å². The third-order valence-corrected chi connectivity index (χ3v) is 3.32. The van der Waals surface area contributed by atoms with Crippen LogP contribution >= 0.6 is 15.9 Å². The van der Waals surface area contributed by atoms with Crippen molar-refractivity contribution in [1.82, 2.24) is 4.90 Å². The smallest absolute Gasteiger partial charge is 0.133 e. The largest absolute Gasteiger partial charge is 0.496 e. The van der Waals surface area contributed by atoms with Gasteiger partial charge in [0.25, 0.3) is 0 Å². The summed E-state index contributed by atoms with van der Waals surface area (Å²) in [5.41, 5.74) is 2.43. The summed E-state index contributed by atoms with van der Waals surface area (Å²) >= 11 is 3.50. The van der Waals surface area contributed by atoms with E-state index in [4.69, 9.17) is 9.15 Å². The van der Waals surface area contributed by atoms with Crippen LogP contribution in [0.15, 0.2) is 45.7 Å². The van der Waals surface area contributed by atoms with E-state index in [0.29, 0.717) is 0 Å². The molecule has 2 aromatic rings. The third-order valence-electron chi connectivity index (χ3n) is 2.70. The minimum absolute atomic E-state index is 0.858. The molecule has 0 spiro atoms. The fourth-order valence-electron chi connectivity index (χ4n) is 1.87. The lowest BCUT2D eigenvalue weighted by Gasteiger charge is -2.16. The van der Waals surface area contributed by atoms with Crippen molar-refractivity contribution in [3.05, 3.63) is 52.4 Å². The number of hydrogen-bond donors (Lipinski definition) is 0. The SMILES string of the molecule is COc1ccc(CN(C)Cc2ccoc2)cc1Br. The predicted octanol–water partition coefficient (Wildman–Crippen LogP) is 3.68. The zero-order valence-electron chi connectivity index (χ0n) is 10.5. The molecule has 1 aromatic carbocycles. The van der Waals surface area contributed by atoms with Gasteiger partial charge in [0.1, 0.15) is 5.75 Å². The van der Waals surface area contributed by atoms with Crippen molar-refractivity contribution in [2.45, 2.75) is 13.1 Å². The van der Waals surface area contributed by atoms with Gasteiger partial charge >= 0.3 is 0 Å². The van der Waals surface area contributed by atoms with E-state index in [-0.39, 0.29) is 0 Å². The molecule has 2 rings (SSSR count). The zero-order chi connectivity index (χ0) is 13.0. The van der Waals surface area contributed by atoms with Gasteiger partial charge in [0.2, 0.25) is 0 Å². The Morgan fingerprint density at radius 3 is 2.61 bits per heavy atom. The van der Waals surface area contributed by atoms with Crippen molar-refractivity contribution in [3.8, 4) is 5.75 Å². The maximum Gasteiger partial charge on any atom is 0.133 e. The number of benzene rings is 1. The van der Waals surface area contributed by atoms with Crippen LogP contribution in [0.25, 0.3) is 0 Å². The Morgan fingerprint density at radius 1 is 1.22 bits per heavy atom. The van der Waals surface area contributed by atoms with Crippen LogP contribution < -0.4 is 4.74 Å². The highest BCUT2D eigenvalue weighted by atomic mass is 79.9. The molecule has 96 valence electrons. The van der Waals surface area contributed by atoms with E-state index in [1.54, 1.807) is 19.6 Å². The molecular formula is C14H16BrNO2. The molecule has 0 radical (unpaired) electrons. The van der Waals surface area contributed by atoms with Crippen LogP contribution in [0.3, 0.4) is 0 Å². The van der Waals surface area contributed by atoms with Crippen LogP contribution in [-0.2, 0) is 13.1 Å². The van der Waals surface area contributed by atoms with Crippen molar-refractivity contribution >= 4 is 15.9 Å². The molecule has 4 heteroatoms. The molecule has 0 aliphatic rings. The van der Waals surface area contributed by atoms with E-state index in [9.17, 15) is 0 Å². The van der Waals surface area contributed by atoms with Crippen LogP contribution in [0.4, 0.5) is 0 Å². The first-order chi connectivity index (χ1) is 8.69. The number of nitrogens with zero attached hydrogens (tertiary/aromatic N) is 1. The fraction of sp³-hybridized carbons (Fsp3) is 0.286. The van der Waals surface area contributed by atoms with E-state index < -0.39 is 0 Å². The maximum absolute atomic E-state index is 5.22. The Bertz CT molecular complexity index is 497. The number of halogens is 1. The number of rotatable bonds is 5. The van der Waals surface area contributed by atoms with Crippen LogP contribution in [-0.4, -0.2) is 19.1 Å². The van der Waals surface area contributed by atoms with E-state index in [1.807, 2.05) is 12.1 Å². The van der Waals surface area contributed by atoms with Crippen LogP contribution in [0, 0.1) is 0 Å². The van der Waals surface area contributed by atoms with Gasteiger partial charge in [-0.05, 0) is 46.7 Å². The molecule has 0 saturated heterocycles. The summed E-state index contributed by atoms with van der Waals surface area (Å²) in [7, 11) is 3.76. The molecule has 3 nitrogen and oxygen atoms in total. The standard InChI is InChI=1S/C14H16BrNO2/c1-16(9-12-5-6-18-10-12)8-11-3-4-14(17-2)13(15)7-11/h3-7,10H,8-9H2,1-2H3. The predicted molar refractivity (Wildman–Crippen MR) is 74.6 cm³/mol. The van der Waals surface area contributed by atoms with Crippen LogP contribution in [0.1, 0.15) is 11.1 Å². The van der Waals surface area contributed by atoms with E-state index in [2.05, 4.69) is 40.0 Å². The average Bonchev–Trinajstić information content (AvgIpc) is 2.82. The monoisotopic (exact) mass is 309 g/mol. The van der Waals surface area contributed by atoms with Gasteiger partial charge in [0.05, 0.1) is 24.1 Å². The highest BCUT2D eigenvalue weighted by molar-refractivity contribution is 9.10. The summed E-state index contributed by atoms with van der Waals surface area (Å²) in [5, 5.41) is 0. The van der Waals surface area contributed by atoms with Crippen LogP contribution in [0.2, 0.25) is 0 Å². The Balaban J connectivity index is 1.98.